The molecule has 0 aliphatic rings. The fraction of sp³-hybridized carbons (Fsp3) is 0.200. The molecule has 0 saturated carbocycles. The van der Waals surface area contributed by atoms with Crippen molar-refractivity contribution in [3.8, 4) is 12.3 Å². The molecule has 5 nitrogen and oxygen atoms in total. The Morgan fingerprint density at radius 2 is 1.96 bits per heavy atom. The Hall–Kier alpha value is -2.97. The quantitative estimate of drug-likeness (QED) is 0.417. The van der Waals surface area contributed by atoms with Gasteiger partial charge in [0, 0.05) is 29.9 Å². The van der Waals surface area contributed by atoms with Crippen molar-refractivity contribution >= 4 is 29.2 Å². The first-order chi connectivity index (χ1) is 12.6. The van der Waals surface area contributed by atoms with Crippen molar-refractivity contribution in [2.24, 2.45) is 4.99 Å². The van der Waals surface area contributed by atoms with Crippen LogP contribution in [-0.4, -0.2) is 32.0 Å². The van der Waals surface area contributed by atoms with E-state index in [1.54, 1.807) is 31.3 Å². The standard InChI is InChI=1S/C20H21ClN4O/c1-3-15-5-4-6-18(13-15)25-19(26)14-24-20(22-2)23-12-11-16-7-9-17(21)10-8-16/h1,4-10,13H,11-12,14H2,2H3,(H,25,26)(H2,22,23,24). The topological polar surface area (TPSA) is 65.5 Å². The van der Waals surface area contributed by atoms with Gasteiger partial charge in [-0.15, -0.1) is 6.42 Å². The van der Waals surface area contributed by atoms with Gasteiger partial charge in [-0.1, -0.05) is 35.7 Å². The van der Waals surface area contributed by atoms with Crippen LogP contribution in [-0.2, 0) is 11.2 Å². The maximum atomic E-state index is 12.0. The number of nitrogens with one attached hydrogen (secondary N) is 3. The van der Waals surface area contributed by atoms with Gasteiger partial charge in [-0.05, 0) is 42.3 Å². The van der Waals surface area contributed by atoms with Crippen LogP contribution in [0.4, 0.5) is 5.69 Å². The van der Waals surface area contributed by atoms with E-state index in [9.17, 15) is 4.79 Å². The second-order valence-electron chi connectivity index (χ2n) is 5.50. The van der Waals surface area contributed by atoms with Crippen LogP contribution < -0.4 is 16.0 Å². The van der Waals surface area contributed by atoms with Crippen molar-refractivity contribution in [2.75, 3.05) is 25.5 Å². The highest BCUT2D eigenvalue weighted by molar-refractivity contribution is 6.30. The van der Waals surface area contributed by atoms with Gasteiger partial charge in [0.25, 0.3) is 0 Å². The first kappa shape index (κ1) is 19.4. The molecule has 1 amide bonds. The molecule has 0 saturated heterocycles. The number of amides is 1. The highest BCUT2D eigenvalue weighted by Crippen LogP contribution is 2.10. The third kappa shape index (κ3) is 6.50. The molecule has 0 radical (unpaired) electrons. The van der Waals surface area contributed by atoms with Gasteiger partial charge < -0.3 is 16.0 Å². The van der Waals surface area contributed by atoms with Crippen molar-refractivity contribution in [1.82, 2.24) is 10.6 Å². The minimum Gasteiger partial charge on any atom is -0.356 e. The average molecular weight is 369 g/mol. The van der Waals surface area contributed by atoms with Gasteiger partial charge in [0.15, 0.2) is 5.96 Å². The molecule has 134 valence electrons. The highest BCUT2D eigenvalue weighted by Gasteiger charge is 2.05. The van der Waals surface area contributed by atoms with Crippen LogP contribution in [0.5, 0.6) is 0 Å². The number of benzene rings is 2. The molecular weight excluding hydrogens is 348 g/mol. The monoisotopic (exact) mass is 368 g/mol. The summed E-state index contributed by atoms with van der Waals surface area (Å²) in [6, 6.07) is 14.8. The second-order valence-corrected chi connectivity index (χ2v) is 5.94. The molecule has 0 atom stereocenters. The Morgan fingerprint density at radius 3 is 2.65 bits per heavy atom. The smallest absolute Gasteiger partial charge is 0.243 e. The zero-order valence-corrected chi connectivity index (χ0v) is 15.3. The summed E-state index contributed by atoms with van der Waals surface area (Å²) in [4.78, 5) is 16.1. The molecule has 26 heavy (non-hydrogen) atoms. The lowest BCUT2D eigenvalue weighted by atomic mass is 10.1. The van der Waals surface area contributed by atoms with E-state index in [2.05, 4.69) is 26.9 Å². The van der Waals surface area contributed by atoms with E-state index in [4.69, 9.17) is 18.0 Å². The average Bonchev–Trinajstić information content (AvgIpc) is 2.66. The number of guanidine groups is 1. The summed E-state index contributed by atoms with van der Waals surface area (Å²) in [6.45, 7) is 0.786. The summed E-state index contributed by atoms with van der Waals surface area (Å²) in [6.07, 6.45) is 6.18. The number of rotatable bonds is 6. The van der Waals surface area contributed by atoms with Crippen LogP contribution in [0.3, 0.4) is 0 Å². The van der Waals surface area contributed by atoms with E-state index in [1.807, 2.05) is 24.3 Å². The number of hydrogen-bond donors (Lipinski definition) is 3. The number of nitrogens with zero attached hydrogens (tertiary/aromatic N) is 1. The first-order valence-electron chi connectivity index (χ1n) is 8.16. The summed E-state index contributed by atoms with van der Waals surface area (Å²) < 4.78 is 0. The summed E-state index contributed by atoms with van der Waals surface area (Å²) in [5, 5.41) is 9.66. The van der Waals surface area contributed by atoms with Crippen molar-refractivity contribution in [2.45, 2.75) is 6.42 Å². The van der Waals surface area contributed by atoms with Gasteiger partial charge in [-0.3, -0.25) is 9.79 Å². The van der Waals surface area contributed by atoms with Crippen molar-refractivity contribution in [1.29, 1.82) is 0 Å². The van der Waals surface area contributed by atoms with Crippen molar-refractivity contribution in [3.63, 3.8) is 0 Å². The molecule has 0 aromatic heterocycles. The zero-order valence-electron chi connectivity index (χ0n) is 14.6. The highest BCUT2D eigenvalue weighted by atomic mass is 35.5. The van der Waals surface area contributed by atoms with Gasteiger partial charge in [0.05, 0.1) is 6.54 Å². The first-order valence-corrected chi connectivity index (χ1v) is 8.54. The number of terminal acetylenes is 1. The molecule has 2 rings (SSSR count). The lowest BCUT2D eigenvalue weighted by Crippen LogP contribution is -2.42. The Labute approximate surface area is 158 Å². The lowest BCUT2D eigenvalue weighted by molar-refractivity contribution is -0.115. The van der Waals surface area contributed by atoms with Gasteiger partial charge in [0.1, 0.15) is 0 Å². The molecule has 0 spiro atoms. The van der Waals surface area contributed by atoms with Crippen LogP contribution in [0.2, 0.25) is 5.02 Å². The molecule has 0 aliphatic heterocycles. The van der Waals surface area contributed by atoms with Crippen LogP contribution in [0, 0.1) is 12.3 Å². The van der Waals surface area contributed by atoms with Crippen molar-refractivity contribution in [3.05, 3.63) is 64.7 Å². The maximum Gasteiger partial charge on any atom is 0.243 e. The summed E-state index contributed by atoms with van der Waals surface area (Å²) in [5.74, 6) is 2.92. The minimum atomic E-state index is -0.181. The number of anilines is 1. The molecule has 0 fully saturated rings. The minimum absolute atomic E-state index is 0.0981. The SMILES string of the molecule is C#Cc1cccc(NC(=O)CNC(=NC)NCCc2ccc(Cl)cc2)c1. The predicted octanol–water partition coefficient (Wildman–Crippen LogP) is 2.67. The second kappa shape index (κ2) is 10.1. The molecular formula is C20H21ClN4O. The normalized spacial score (nSPS) is 10.7. The van der Waals surface area contributed by atoms with Crippen LogP contribution >= 0.6 is 11.6 Å². The van der Waals surface area contributed by atoms with Gasteiger partial charge in [-0.25, -0.2) is 0 Å². The molecule has 0 heterocycles. The largest absolute Gasteiger partial charge is 0.356 e. The van der Waals surface area contributed by atoms with E-state index in [1.165, 1.54) is 5.56 Å². The summed E-state index contributed by atoms with van der Waals surface area (Å²) in [7, 11) is 1.66. The number of carbonyl (C=O) groups excluding carboxylic acids is 1. The third-order valence-corrected chi connectivity index (χ3v) is 3.82. The van der Waals surface area contributed by atoms with E-state index in [-0.39, 0.29) is 12.5 Å². The Kier molecular flexibility index (Phi) is 7.53. The number of carbonyl (C=O) groups is 1. The van der Waals surface area contributed by atoms with Crippen molar-refractivity contribution < 1.29 is 4.79 Å². The molecule has 0 unspecified atom stereocenters. The molecule has 0 bridgehead atoms. The van der Waals surface area contributed by atoms with E-state index >= 15 is 0 Å². The number of hydrogen-bond acceptors (Lipinski definition) is 2. The number of aliphatic imine (C=N–C) groups is 1. The molecule has 3 N–H and O–H groups in total. The zero-order chi connectivity index (χ0) is 18.8. The van der Waals surface area contributed by atoms with Gasteiger partial charge >= 0.3 is 0 Å². The van der Waals surface area contributed by atoms with Crippen LogP contribution in [0.15, 0.2) is 53.5 Å². The van der Waals surface area contributed by atoms with Crippen LogP contribution in [0.25, 0.3) is 0 Å². The van der Waals surface area contributed by atoms with E-state index < -0.39 is 0 Å². The Bertz CT molecular complexity index is 809. The molecule has 6 heteroatoms. The fourth-order valence-corrected chi connectivity index (χ4v) is 2.38. The molecule has 2 aromatic rings. The maximum absolute atomic E-state index is 12.0. The molecule has 2 aromatic carbocycles. The predicted molar refractivity (Wildman–Crippen MR) is 108 cm³/mol. The van der Waals surface area contributed by atoms with E-state index in [0.29, 0.717) is 18.2 Å². The molecule has 0 aliphatic carbocycles. The summed E-state index contributed by atoms with van der Waals surface area (Å²) in [5.41, 5.74) is 2.55. The Morgan fingerprint density at radius 1 is 1.19 bits per heavy atom. The van der Waals surface area contributed by atoms with Crippen LogP contribution in [0.1, 0.15) is 11.1 Å². The van der Waals surface area contributed by atoms with Gasteiger partial charge in [-0.2, -0.15) is 0 Å². The third-order valence-electron chi connectivity index (χ3n) is 3.57. The fourth-order valence-electron chi connectivity index (χ4n) is 2.25. The number of halogens is 1. The Balaban J connectivity index is 1.74. The van der Waals surface area contributed by atoms with Gasteiger partial charge in [0.2, 0.25) is 5.91 Å². The lowest BCUT2D eigenvalue weighted by Gasteiger charge is -2.12. The van der Waals surface area contributed by atoms with E-state index in [0.717, 1.165) is 17.0 Å². The summed E-state index contributed by atoms with van der Waals surface area (Å²) >= 11 is 5.87.